The molecule has 2 aliphatic rings. The van der Waals surface area contributed by atoms with Crippen LogP contribution < -0.4 is 5.73 Å². The molecule has 4 heteroatoms. The van der Waals surface area contributed by atoms with Gasteiger partial charge in [-0.1, -0.05) is 36.6 Å². The number of hydrogen-bond donors (Lipinski definition) is 1. The maximum atomic E-state index is 13.4. The highest BCUT2D eigenvalue weighted by atomic mass is 35.5. The van der Waals surface area contributed by atoms with Gasteiger partial charge in [0.1, 0.15) is 0 Å². The largest absolute Gasteiger partial charge is 0.339 e. The first kappa shape index (κ1) is 16.8. The molecule has 126 valence electrons. The Bertz CT molecular complexity index is 568. The van der Waals surface area contributed by atoms with Crippen LogP contribution in [0.2, 0.25) is 5.02 Å². The van der Waals surface area contributed by atoms with Gasteiger partial charge in [0, 0.05) is 17.6 Å². The molecular weight excluding hydrogens is 308 g/mol. The van der Waals surface area contributed by atoms with Crippen molar-refractivity contribution in [2.24, 2.45) is 17.1 Å². The lowest BCUT2D eigenvalue weighted by Crippen LogP contribution is -2.45. The average molecular weight is 335 g/mol. The number of nitrogens with zero attached hydrogens (tertiary/aromatic N) is 1. The van der Waals surface area contributed by atoms with Gasteiger partial charge in [-0.25, -0.2) is 0 Å². The highest BCUT2D eigenvalue weighted by molar-refractivity contribution is 6.30. The Morgan fingerprint density at radius 1 is 1.39 bits per heavy atom. The Morgan fingerprint density at radius 2 is 2.13 bits per heavy atom. The minimum absolute atomic E-state index is 0.234. The van der Waals surface area contributed by atoms with E-state index in [0.717, 1.165) is 50.1 Å². The molecule has 1 aromatic carbocycles. The SMILES string of the molecule is CC1CC(CN)CN1C(=O)C1(Cc2cccc(Cl)c2)CCCC1. The minimum atomic E-state index is -0.234. The molecule has 1 heterocycles. The van der Waals surface area contributed by atoms with Crippen molar-refractivity contribution >= 4 is 17.5 Å². The number of amides is 1. The van der Waals surface area contributed by atoms with Crippen LogP contribution in [0.25, 0.3) is 0 Å². The molecule has 1 aliphatic carbocycles. The van der Waals surface area contributed by atoms with Gasteiger partial charge in [0.2, 0.25) is 5.91 Å². The maximum Gasteiger partial charge on any atom is 0.229 e. The summed E-state index contributed by atoms with van der Waals surface area (Å²) in [6.07, 6.45) is 6.13. The number of nitrogens with two attached hydrogens (primary N) is 1. The van der Waals surface area contributed by atoms with E-state index in [9.17, 15) is 4.79 Å². The Hall–Kier alpha value is -1.06. The number of benzene rings is 1. The molecule has 2 atom stereocenters. The van der Waals surface area contributed by atoms with Crippen molar-refractivity contribution in [3.05, 3.63) is 34.9 Å². The molecule has 3 nitrogen and oxygen atoms in total. The average Bonchev–Trinajstić information content (AvgIpc) is 3.14. The number of rotatable bonds is 4. The molecule has 0 aromatic heterocycles. The lowest BCUT2D eigenvalue weighted by Gasteiger charge is -2.35. The molecule has 2 fully saturated rings. The first-order valence-electron chi connectivity index (χ1n) is 8.80. The van der Waals surface area contributed by atoms with Gasteiger partial charge in [0.05, 0.1) is 5.41 Å². The summed E-state index contributed by atoms with van der Waals surface area (Å²) in [4.78, 5) is 15.5. The third kappa shape index (κ3) is 3.41. The van der Waals surface area contributed by atoms with Crippen molar-refractivity contribution in [3.8, 4) is 0 Å². The molecule has 1 aliphatic heterocycles. The summed E-state index contributed by atoms with van der Waals surface area (Å²) in [5.74, 6) is 0.803. The Morgan fingerprint density at radius 3 is 2.74 bits per heavy atom. The zero-order valence-corrected chi connectivity index (χ0v) is 14.7. The smallest absolute Gasteiger partial charge is 0.229 e. The highest BCUT2D eigenvalue weighted by Crippen LogP contribution is 2.44. The lowest BCUT2D eigenvalue weighted by molar-refractivity contribution is -0.142. The molecule has 1 saturated heterocycles. The second-order valence-corrected chi connectivity index (χ2v) is 7.87. The van der Waals surface area contributed by atoms with Gasteiger partial charge in [0.25, 0.3) is 0 Å². The van der Waals surface area contributed by atoms with E-state index in [4.69, 9.17) is 17.3 Å². The van der Waals surface area contributed by atoms with Crippen LogP contribution in [-0.4, -0.2) is 29.9 Å². The van der Waals surface area contributed by atoms with Crippen molar-refractivity contribution in [1.29, 1.82) is 0 Å². The third-order valence-electron chi connectivity index (χ3n) is 5.70. The zero-order chi connectivity index (χ0) is 16.4. The fourth-order valence-corrected chi connectivity index (χ4v) is 4.67. The fraction of sp³-hybridized carbons (Fsp3) is 0.632. The minimum Gasteiger partial charge on any atom is -0.339 e. The van der Waals surface area contributed by atoms with Gasteiger partial charge in [-0.2, -0.15) is 0 Å². The van der Waals surface area contributed by atoms with E-state index in [2.05, 4.69) is 17.9 Å². The Kier molecular flexibility index (Phi) is 4.98. The van der Waals surface area contributed by atoms with Gasteiger partial charge in [0.15, 0.2) is 0 Å². The molecule has 23 heavy (non-hydrogen) atoms. The molecule has 2 N–H and O–H groups in total. The van der Waals surface area contributed by atoms with Crippen molar-refractivity contribution in [2.75, 3.05) is 13.1 Å². The number of halogens is 1. The van der Waals surface area contributed by atoms with E-state index in [1.165, 1.54) is 5.56 Å². The van der Waals surface area contributed by atoms with Crippen molar-refractivity contribution in [3.63, 3.8) is 0 Å². The van der Waals surface area contributed by atoms with Crippen LogP contribution in [0.3, 0.4) is 0 Å². The summed E-state index contributed by atoms with van der Waals surface area (Å²) in [7, 11) is 0. The zero-order valence-electron chi connectivity index (χ0n) is 13.9. The highest BCUT2D eigenvalue weighted by Gasteiger charge is 2.46. The van der Waals surface area contributed by atoms with Crippen molar-refractivity contribution in [2.45, 2.75) is 51.5 Å². The molecule has 3 rings (SSSR count). The predicted molar refractivity (Wildman–Crippen MR) is 94.4 cm³/mol. The molecule has 1 saturated carbocycles. The van der Waals surface area contributed by atoms with E-state index in [1.54, 1.807) is 0 Å². The van der Waals surface area contributed by atoms with E-state index in [1.807, 2.05) is 18.2 Å². The van der Waals surface area contributed by atoms with Gasteiger partial charge < -0.3 is 10.6 Å². The van der Waals surface area contributed by atoms with Gasteiger partial charge in [-0.15, -0.1) is 0 Å². The monoisotopic (exact) mass is 334 g/mol. The topological polar surface area (TPSA) is 46.3 Å². The summed E-state index contributed by atoms with van der Waals surface area (Å²) in [6, 6.07) is 8.28. The first-order valence-corrected chi connectivity index (χ1v) is 9.17. The van der Waals surface area contributed by atoms with Gasteiger partial charge in [-0.3, -0.25) is 4.79 Å². The van der Waals surface area contributed by atoms with Crippen LogP contribution in [0.4, 0.5) is 0 Å². The molecule has 1 amide bonds. The molecular formula is C19H27ClN2O. The molecule has 1 aromatic rings. The normalized spacial score (nSPS) is 26.7. The van der Waals surface area contributed by atoms with Crippen LogP contribution >= 0.6 is 11.6 Å². The van der Waals surface area contributed by atoms with Crippen LogP contribution in [0.1, 0.15) is 44.6 Å². The van der Waals surface area contributed by atoms with Crippen LogP contribution in [0.5, 0.6) is 0 Å². The van der Waals surface area contributed by atoms with Crippen LogP contribution in [0.15, 0.2) is 24.3 Å². The van der Waals surface area contributed by atoms with Gasteiger partial charge in [-0.05, 0) is 62.8 Å². The first-order chi connectivity index (χ1) is 11.0. The predicted octanol–water partition coefficient (Wildman–Crippen LogP) is 3.64. The number of hydrogen-bond acceptors (Lipinski definition) is 2. The summed E-state index contributed by atoms with van der Waals surface area (Å²) in [5, 5.41) is 0.751. The van der Waals surface area contributed by atoms with E-state index >= 15 is 0 Å². The van der Waals surface area contributed by atoms with E-state index in [-0.39, 0.29) is 5.41 Å². The standard InChI is InChI=1S/C19H27ClN2O/c1-14-9-16(12-21)13-22(14)18(23)19(7-2-3-8-19)11-15-5-4-6-17(20)10-15/h4-6,10,14,16H,2-3,7-9,11-13,21H2,1H3. The summed E-state index contributed by atoms with van der Waals surface area (Å²) in [5.41, 5.74) is 6.77. The number of carbonyl (C=O) groups excluding carboxylic acids is 1. The van der Waals surface area contributed by atoms with Crippen LogP contribution in [-0.2, 0) is 11.2 Å². The summed E-state index contributed by atoms with van der Waals surface area (Å²) in [6.45, 7) is 3.67. The quantitative estimate of drug-likeness (QED) is 0.913. The van der Waals surface area contributed by atoms with Crippen molar-refractivity contribution in [1.82, 2.24) is 4.90 Å². The molecule has 0 bridgehead atoms. The second kappa shape index (κ2) is 6.82. The Labute approximate surface area is 144 Å². The fourth-order valence-electron chi connectivity index (χ4n) is 4.46. The molecule has 0 radical (unpaired) electrons. The third-order valence-corrected chi connectivity index (χ3v) is 5.94. The van der Waals surface area contributed by atoms with Gasteiger partial charge >= 0.3 is 0 Å². The number of carbonyl (C=O) groups is 1. The molecule has 2 unspecified atom stereocenters. The van der Waals surface area contributed by atoms with E-state index in [0.29, 0.717) is 24.4 Å². The maximum absolute atomic E-state index is 13.4. The summed E-state index contributed by atoms with van der Waals surface area (Å²) < 4.78 is 0. The second-order valence-electron chi connectivity index (χ2n) is 7.44. The lowest BCUT2D eigenvalue weighted by atomic mass is 9.78. The Balaban J connectivity index is 1.81. The van der Waals surface area contributed by atoms with Crippen LogP contribution in [0, 0.1) is 11.3 Å². The van der Waals surface area contributed by atoms with E-state index < -0.39 is 0 Å². The summed E-state index contributed by atoms with van der Waals surface area (Å²) >= 11 is 6.13. The number of likely N-dealkylation sites (tertiary alicyclic amines) is 1. The van der Waals surface area contributed by atoms with Crippen molar-refractivity contribution < 1.29 is 4.79 Å². The molecule has 0 spiro atoms.